The summed E-state index contributed by atoms with van der Waals surface area (Å²) in [5, 5.41) is 31.2. The predicted molar refractivity (Wildman–Crippen MR) is 104 cm³/mol. The first-order chi connectivity index (χ1) is 13.8. The SMILES string of the molecule is Cc1cccc(C)c1Oc1ccc2c(O)c(C(=O)NCC(=O)O)nc(C#N)c2c1. The standard InChI is InChI=1S/C21H17N3O5/c1-11-4-3-5-12(2)20(11)29-13-6-7-14-15(8-13)16(9-22)24-18(19(14)27)21(28)23-10-17(25)26/h3-8,27H,10H2,1-2H3,(H,23,28)(H,25,26). The fourth-order valence-corrected chi connectivity index (χ4v) is 2.90. The second-order valence-electron chi connectivity index (χ2n) is 6.38. The number of benzene rings is 2. The molecule has 0 saturated carbocycles. The number of carbonyl (C=O) groups is 2. The number of para-hydroxylation sites is 1. The number of aliphatic carboxylic acids is 1. The van der Waals surface area contributed by atoms with Crippen LogP contribution in [0.25, 0.3) is 10.8 Å². The van der Waals surface area contributed by atoms with E-state index in [2.05, 4.69) is 10.3 Å². The van der Waals surface area contributed by atoms with Gasteiger partial charge < -0.3 is 20.3 Å². The van der Waals surface area contributed by atoms with E-state index >= 15 is 0 Å². The Morgan fingerprint density at radius 1 is 1.17 bits per heavy atom. The Bertz CT molecular complexity index is 1160. The molecule has 0 saturated heterocycles. The average Bonchev–Trinajstić information content (AvgIpc) is 2.69. The van der Waals surface area contributed by atoms with Crippen LogP contribution in [0.2, 0.25) is 0 Å². The molecule has 0 spiro atoms. The third-order valence-electron chi connectivity index (χ3n) is 4.30. The lowest BCUT2D eigenvalue weighted by Crippen LogP contribution is -2.30. The van der Waals surface area contributed by atoms with Crippen molar-refractivity contribution in [3.8, 4) is 23.3 Å². The second kappa shape index (κ2) is 7.86. The van der Waals surface area contributed by atoms with Gasteiger partial charge in [0.15, 0.2) is 11.4 Å². The molecule has 3 N–H and O–H groups in total. The molecule has 0 aliphatic heterocycles. The summed E-state index contributed by atoms with van der Waals surface area (Å²) in [7, 11) is 0. The molecule has 0 aliphatic rings. The summed E-state index contributed by atoms with van der Waals surface area (Å²) in [6.07, 6.45) is 0. The third-order valence-corrected chi connectivity index (χ3v) is 4.30. The lowest BCUT2D eigenvalue weighted by Gasteiger charge is -2.13. The van der Waals surface area contributed by atoms with Crippen molar-refractivity contribution in [1.82, 2.24) is 10.3 Å². The van der Waals surface area contributed by atoms with E-state index < -0.39 is 29.9 Å². The van der Waals surface area contributed by atoms with E-state index in [0.29, 0.717) is 16.9 Å². The minimum atomic E-state index is -1.24. The van der Waals surface area contributed by atoms with Gasteiger partial charge in [0, 0.05) is 10.8 Å². The van der Waals surface area contributed by atoms with Gasteiger partial charge in [0.25, 0.3) is 5.91 Å². The van der Waals surface area contributed by atoms with E-state index in [1.54, 1.807) is 12.1 Å². The number of pyridine rings is 1. The van der Waals surface area contributed by atoms with Crippen molar-refractivity contribution in [3.63, 3.8) is 0 Å². The van der Waals surface area contributed by atoms with Gasteiger partial charge in [-0.3, -0.25) is 9.59 Å². The molecule has 0 bridgehead atoms. The number of nitrogens with zero attached hydrogens (tertiary/aromatic N) is 2. The van der Waals surface area contributed by atoms with E-state index in [4.69, 9.17) is 9.84 Å². The van der Waals surface area contributed by atoms with Gasteiger partial charge in [0.05, 0.1) is 0 Å². The van der Waals surface area contributed by atoms with Crippen molar-refractivity contribution in [3.05, 3.63) is 58.9 Å². The summed E-state index contributed by atoms with van der Waals surface area (Å²) in [4.78, 5) is 26.7. The number of carbonyl (C=O) groups excluding carboxylic acids is 1. The van der Waals surface area contributed by atoms with Crippen molar-refractivity contribution < 1.29 is 24.5 Å². The van der Waals surface area contributed by atoms with Gasteiger partial charge in [0.2, 0.25) is 0 Å². The number of nitrogens with one attached hydrogen (secondary N) is 1. The molecule has 146 valence electrons. The number of nitriles is 1. The summed E-state index contributed by atoms with van der Waals surface area (Å²) in [5.41, 5.74) is 1.37. The zero-order valence-corrected chi connectivity index (χ0v) is 15.7. The van der Waals surface area contributed by atoms with Crippen molar-refractivity contribution in [2.45, 2.75) is 13.8 Å². The molecule has 0 aliphatic carbocycles. The van der Waals surface area contributed by atoms with Crippen LogP contribution in [-0.2, 0) is 4.79 Å². The molecule has 2 aromatic carbocycles. The molecule has 0 unspecified atom stereocenters. The zero-order valence-electron chi connectivity index (χ0n) is 15.7. The van der Waals surface area contributed by atoms with Gasteiger partial charge in [0.1, 0.15) is 29.8 Å². The predicted octanol–water partition coefficient (Wildman–Crippen LogP) is 3.04. The molecule has 1 amide bonds. The number of aromatic nitrogens is 1. The summed E-state index contributed by atoms with van der Waals surface area (Å²) < 4.78 is 5.97. The average molecular weight is 391 g/mol. The first-order valence-corrected chi connectivity index (χ1v) is 8.62. The second-order valence-corrected chi connectivity index (χ2v) is 6.38. The highest BCUT2D eigenvalue weighted by Gasteiger charge is 2.20. The summed E-state index contributed by atoms with van der Waals surface area (Å²) in [5.74, 6) is -1.45. The number of amides is 1. The van der Waals surface area contributed by atoms with Gasteiger partial charge >= 0.3 is 5.97 Å². The quantitative estimate of drug-likeness (QED) is 0.609. The number of fused-ring (bicyclic) bond motifs is 1. The van der Waals surface area contributed by atoms with E-state index in [1.807, 2.05) is 38.1 Å². The maximum atomic E-state index is 12.1. The number of aromatic hydroxyl groups is 1. The highest BCUT2D eigenvalue weighted by Crippen LogP contribution is 2.35. The van der Waals surface area contributed by atoms with Gasteiger partial charge in [-0.05, 0) is 43.2 Å². The molecule has 0 radical (unpaired) electrons. The number of rotatable bonds is 5. The maximum Gasteiger partial charge on any atom is 0.322 e. The Balaban J connectivity index is 2.05. The van der Waals surface area contributed by atoms with Gasteiger partial charge in [-0.2, -0.15) is 5.26 Å². The normalized spacial score (nSPS) is 10.4. The van der Waals surface area contributed by atoms with Crippen LogP contribution in [0.1, 0.15) is 27.3 Å². The molecule has 1 heterocycles. The van der Waals surface area contributed by atoms with E-state index in [1.165, 1.54) is 6.07 Å². The Hall–Kier alpha value is -4.12. The minimum absolute atomic E-state index is 0.0924. The van der Waals surface area contributed by atoms with Crippen LogP contribution < -0.4 is 10.1 Å². The minimum Gasteiger partial charge on any atom is -0.505 e. The van der Waals surface area contributed by atoms with E-state index in [0.717, 1.165) is 11.1 Å². The highest BCUT2D eigenvalue weighted by atomic mass is 16.5. The number of hydrogen-bond acceptors (Lipinski definition) is 6. The lowest BCUT2D eigenvalue weighted by atomic mass is 10.1. The summed E-state index contributed by atoms with van der Waals surface area (Å²) in [6.45, 7) is 3.20. The molecule has 3 rings (SSSR count). The van der Waals surface area contributed by atoms with E-state index in [9.17, 15) is 20.0 Å². The Kier molecular flexibility index (Phi) is 5.32. The van der Waals surface area contributed by atoms with Crippen LogP contribution in [0.4, 0.5) is 0 Å². The fourth-order valence-electron chi connectivity index (χ4n) is 2.90. The number of carboxylic acid groups (broad SMARTS) is 1. The van der Waals surface area contributed by atoms with Crippen molar-refractivity contribution in [2.24, 2.45) is 0 Å². The van der Waals surface area contributed by atoms with Crippen molar-refractivity contribution in [1.29, 1.82) is 5.26 Å². The molecular weight excluding hydrogens is 374 g/mol. The van der Waals surface area contributed by atoms with Crippen LogP contribution in [-0.4, -0.2) is 33.6 Å². The Labute approximate surface area is 166 Å². The largest absolute Gasteiger partial charge is 0.505 e. The van der Waals surface area contributed by atoms with Crippen molar-refractivity contribution >= 4 is 22.6 Å². The molecule has 0 atom stereocenters. The monoisotopic (exact) mass is 391 g/mol. The van der Waals surface area contributed by atoms with Crippen LogP contribution in [0, 0.1) is 25.2 Å². The third kappa shape index (κ3) is 3.94. The smallest absolute Gasteiger partial charge is 0.322 e. The first-order valence-electron chi connectivity index (χ1n) is 8.62. The van der Waals surface area contributed by atoms with Crippen LogP contribution >= 0.6 is 0 Å². The number of aryl methyl sites for hydroxylation is 2. The summed E-state index contributed by atoms with van der Waals surface area (Å²) in [6, 6.07) is 12.3. The van der Waals surface area contributed by atoms with Crippen LogP contribution in [0.3, 0.4) is 0 Å². The van der Waals surface area contributed by atoms with Gasteiger partial charge in [-0.15, -0.1) is 0 Å². The first kappa shape index (κ1) is 19.6. The topological polar surface area (TPSA) is 133 Å². The Morgan fingerprint density at radius 2 is 1.86 bits per heavy atom. The Morgan fingerprint density at radius 3 is 2.48 bits per heavy atom. The molecule has 8 nitrogen and oxygen atoms in total. The van der Waals surface area contributed by atoms with Crippen molar-refractivity contribution in [2.75, 3.05) is 6.54 Å². The molecule has 1 aromatic heterocycles. The number of carboxylic acids is 1. The number of hydrogen-bond donors (Lipinski definition) is 3. The maximum absolute atomic E-state index is 12.1. The zero-order chi connectivity index (χ0) is 21.1. The molecule has 3 aromatic rings. The summed E-state index contributed by atoms with van der Waals surface area (Å²) >= 11 is 0. The van der Waals surface area contributed by atoms with Crippen LogP contribution in [0.5, 0.6) is 17.2 Å². The van der Waals surface area contributed by atoms with Crippen LogP contribution in [0.15, 0.2) is 36.4 Å². The molecule has 29 heavy (non-hydrogen) atoms. The molecule has 8 heteroatoms. The molecule has 0 fully saturated rings. The van der Waals surface area contributed by atoms with E-state index in [-0.39, 0.29) is 11.1 Å². The fraction of sp³-hybridized carbons (Fsp3) is 0.143. The molecular formula is C21H17N3O5. The lowest BCUT2D eigenvalue weighted by molar-refractivity contribution is -0.135. The highest BCUT2D eigenvalue weighted by molar-refractivity contribution is 6.03. The number of ether oxygens (including phenoxy) is 1. The van der Waals surface area contributed by atoms with Gasteiger partial charge in [-0.1, -0.05) is 18.2 Å². The van der Waals surface area contributed by atoms with Gasteiger partial charge in [-0.25, -0.2) is 4.98 Å².